The van der Waals surface area contributed by atoms with Crippen molar-refractivity contribution in [3.8, 4) is 11.3 Å². The van der Waals surface area contributed by atoms with Gasteiger partial charge in [-0.1, -0.05) is 133 Å². The van der Waals surface area contributed by atoms with Gasteiger partial charge in [-0.15, -0.1) is 40.1 Å². The third kappa shape index (κ3) is 8.93. The molecule has 271 valence electrons. The van der Waals surface area contributed by atoms with Gasteiger partial charge in [-0.2, -0.15) is 0 Å². The predicted molar refractivity (Wildman–Crippen MR) is 220 cm³/mol. The summed E-state index contributed by atoms with van der Waals surface area (Å²) in [5.41, 5.74) is 3.18. The molecule has 2 aromatic heterocycles. The molecule has 5 rings (SSSR count). The average molecular weight is 902 g/mol. The van der Waals surface area contributed by atoms with Crippen molar-refractivity contribution < 1.29 is 30.0 Å². The number of thiophene rings is 1. The van der Waals surface area contributed by atoms with E-state index in [2.05, 4.69) is 95.0 Å². The van der Waals surface area contributed by atoms with Gasteiger partial charge < -0.3 is 5.11 Å². The maximum absolute atomic E-state index is 11.7. The van der Waals surface area contributed by atoms with Crippen LogP contribution in [0.25, 0.3) is 42.3 Å². The summed E-state index contributed by atoms with van der Waals surface area (Å²) in [6.45, 7) is 22.5. The number of aliphatic hydroxyl groups excluding tert-OH is 1. The third-order valence-corrected chi connectivity index (χ3v) is 19.6. The number of ketones is 1. The van der Waals surface area contributed by atoms with Crippen LogP contribution in [0.5, 0.6) is 0 Å². The summed E-state index contributed by atoms with van der Waals surface area (Å²) in [6.07, 6.45) is 6.64. The van der Waals surface area contributed by atoms with Crippen LogP contribution in [0.4, 0.5) is 0 Å². The molecule has 0 saturated heterocycles. The van der Waals surface area contributed by atoms with E-state index in [-0.39, 0.29) is 43.5 Å². The van der Waals surface area contributed by atoms with E-state index < -0.39 is 16.1 Å². The van der Waals surface area contributed by atoms with E-state index in [0.29, 0.717) is 0 Å². The van der Waals surface area contributed by atoms with Crippen LogP contribution in [-0.4, -0.2) is 37.0 Å². The van der Waals surface area contributed by atoms with Gasteiger partial charge in [-0.3, -0.25) is 9.78 Å². The molecule has 0 bridgehead atoms. The van der Waals surface area contributed by atoms with Crippen LogP contribution in [0, 0.1) is 17.9 Å². The predicted octanol–water partition coefficient (Wildman–Crippen LogP) is 11.6. The summed E-state index contributed by atoms with van der Waals surface area (Å²) in [5, 5.41) is 16.6. The number of fused-ring (bicyclic) bond motifs is 4. The van der Waals surface area contributed by atoms with Gasteiger partial charge in [0.05, 0.1) is 27.4 Å². The van der Waals surface area contributed by atoms with Gasteiger partial charge in [-0.25, -0.2) is 4.98 Å². The third-order valence-electron chi connectivity index (χ3n) is 10.8. The van der Waals surface area contributed by atoms with Crippen LogP contribution in [0.1, 0.15) is 74.1 Å². The second-order valence-electron chi connectivity index (χ2n) is 14.4. The Bertz CT molecular complexity index is 1910. The average Bonchev–Trinajstić information content (AvgIpc) is 3.48. The summed E-state index contributed by atoms with van der Waals surface area (Å²) in [6, 6.07) is 25.8. The molecule has 0 spiro atoms. The van der Waals surface area contributed by atoms with Crippen LogP contribution >= 0.6 is 11.3 Å². The molecule has 2 heterocycles. The summed E-state index contributed by atoms with van der Waals surface area (Å²) in [4.78, 5) is 21.3. The van der Waals surface area contributed by atoms with Crippen molar-refractivity contribution in [2.45, 2.75) is 112 Å². The monoisotopic (exact) mass is 902 g/mol. The molecule has 0 unspecified atom stereocenters. The van der Waals surface area contributed by atoms with Gasteiger partial charge in [0.1, 0.15) is 6.33 Å². The first-order chi connectivity index (χ1) is 23.4. The molecule has 4 nitrogen and oxygen atoms in total. The number of aliphatic hydroxyl groups is 1. The first-order valence-corrected chi connectivity index (χ1v) is 25.4. The molecule has 5 aromatic rings. The quantitative estimate of drug-likeness (QED) is 0.0553. The smallest absolute Gasteiger partial charge is 0.162 e. The molecule has 50 heavy (non-hydrogen) atoms. The van der Waals surface area contributed by atoms with Crippen molar-refractivity contribution in [2.24, 2.45) is 11.8 Å². The molecule has 3 aromatic carbocycles. The van der Waals surface area contributed by atoms with E-state index >= 15 is 0 Å². The fourth-order valence-corrected chi connectivity index (χ4v) is 13.7. The molecule has 0 amide bonds. The molecule has 1 N–H and O–H groups in total. The zero-order valence-electron chi connectivity index (χ0n) is 31.9. The fraction of sp³-hybridized carbons (Fsp3) is 0.452. The van der Waals surface area contributed by atoms with Crippen molar-refractivity contribution in [3.05, 3.63) is 72.8 Å². The van der Waals surface area contributed by atoms with Gasteiger partial charge >= 0.3 is 0 Å². The minimum absolute atomic E-state index is 0. The number of allylic oxidation sites excluding steroid dienone is 2. The molecule has 0 aliphatic carbocycles. The summed E-state index contributed by atoms with van der Waals surface area (Å²) in [7, 11) is -2.99. The minimum atomic E-state index is -1.56. The van der Waals surface area contributed by atoms with E-state index in [1.165, 1.54) is 55.0 Å². The molecular weight excluding hydrogens is 845 g/mol. The van der Waals surface area contributed by atoms with Crippen LogP contribution in [0.3, 0.4) is 0 Å². The first-order valence-electron chi connectivity index (χ1n) is 18.5. The summed E-state index contributed by atoms with van der Waals surface area (Å²) < 4.78 is 2.52. The number of hydrogen-bond acceptors (Lipinski definition) is 5. The SMILES string of the molecule is CCC(CC)C(=O)/C=C(\O)C(CC)CC.CC[Si](CC)(CC)c1ccc2c(c1)sc1c(-c3[c-]c4ccccc4c([Si](C)(C)C)c3)ncnc12.[Ir]. The van der Waals surface area contributed by atoms with Gasteiger partial charge in [0, 0.05) is 58.5 Å². The summed E-state index contributed by atoms with van der Waals surface area (Å²) >= 11 is 1.85. The molecule has 1 radical (unpaired) electrons. The van der Waals surface area contributed by atoms with E-state index in [0.717, 1.165) is 42.5 Å². The second kappa shape index (κ2) is 18.3. The standard InChI is InChI=1S/C29H33N2SSi2.C13H24O2.Ir/c1-7-34(8-2,9-3)22-14-15-24-25(18-22)32-29-27(30-19-31-28(24)29)21-16-20-12-10-11-13-23(20)26(17-21)33(4,5)6;1-5-10(6-2)12(14)9-13(15)11(7-3)8-4;/h10-15,17-19H,7-9H2,1-6H3;9-11,14H,5-8H2,1-4H3;/q-1;;/b;12-9-;. The zero-order valence-corrected chi connectivity index (χ0v) is 37.1. The second-order valence-corrected chi connectivity index (χ2v) is 25.8. The van der Waals surface area contributed by atoms with Gasteiger partial charge in [-0.05, 0) is 31.7 Å². The van der Waals surface area contributed by atoms with Gasteiger partial charge in [0.2, 0.25) is 0 Å². The molecule has 0 aliphatic rings. The molecular formula is C42H57IrN2O2SSi2-. The Morgan fingerprint density at radius 1 is 0.840 bits per heavy atom. The number of aromatic nitrogens is 2. The van der Waals surface area contributed by atoms with Crippen LogP contribution in [0.15, 0.2) is 66.7 Å². The molecule has 8 heteroatoms. The van der Waals surface area contributed by atoms with Crippen molar-refractivity contribution in [1.82, 2.24) is 9.97 Å². The largest absolute Gasteiger partial charge is 0.512 e. The van der Waals surface area contributed by atoms with E-state index in [9.17, 15) is 9.90 Å². The Labute approximate surface area is 320 Å². The normalized spacial score (nSPS) is 12.4. The summed E-state index contributed by atoms with van der Waals surface area (Å²) in [5.74, 6) is 0.547. The fourth-order valence-electron chi connectivity index (χ4n) is 7.22. The van der Waals surface area contributed by atoms with E-state index in [1.54, 1.807) is 11.5 Å². The molecule has 0 saturated carbocycles. The maximum Gasteiger partial charge on any atom is 0.162 e. The molecule has 0 fully saturated rings. The Morgan fingerprint density at radius 2 is 1.46 bits per heavy atom. The number of nitrogens with zero attached hydrogens (tertiary/aromatic N) is 2. The minimum Gasteiger partial charge on any atom is -0.512 e. The topological polar surface area (TPSA) is 63.1 Å². The van der Waals surface area contributed by atoms with E-state index in [1.807, 2.05) is 39.0 Å². The van der Waals surface area contributed by atoms with Gasteiger partial charge in [0.25, 0.3) is 0 Å². The van der Waals surface area contributed by atoms with Gasteiger partial charge in [0.15, 0.2) is 5.78 Å². The number of rotatable bonds is 13. The van der Waals surface area contributed by atoms with Crippen molar-refractivity contribution in [3.63, 3.8) is 0 Å². The molecule has 0 aliphatic heterocycles. The Hall–Kier alpha value is -2.49. The number of carbonyl (C=O) groups excluding carboxylic acids is 1. The number of benzene rings is 3. The van der Waals surface area contributed by atoms with Crippen LogP contribution in [0.2, 0.25) is 37.8 Å². The van der Waals surface area contributed by atoms with Crippen LogP contribution in [-0.2, 0) is 24.9 Å². The Morgan fingerprint density at radius 3 is 2.04 bits per heavy atom. The first kappa shape index (κ1) is 41.9. The van der Waals surface area contributed by atoms with Crippen molar-refractivity contribution in [1.29, 1.82) is 0 Å². The Balaban J connectivity index is 0.000000361. The van der Waals surface area contributed by atoms with Crippen LogP contribution < -0.4 is 10.4 Å². The number of carbonyl (C=O) groups is 1. The molecule has 0 atom stereocenters. The zero-order chi connectivity index (χ0) is 35.9. The van der Waals surface area contributed by atoms with Crippen molar-refractivity contribution in [2.75, 3.05) is 0 Å². The number of hydrogen-bond donors (Lipinski definition) is 1. The Kier molecular flexibility index (Phi) is 15.4. The van der Waals surface area contributed by atoms with E-state index in [4.69, 9.17) is 9.97 Å². The maximum atomic E-state index is 11.7. The van der Waals surface area contributed by atoms with Crippen molar-refractivity contribution >= 4 is 74.7 Å².